The average Bonchev–Trinajstić information content (AvgIpc) is 2.92. The van der Waals surface area contributed by atoms with Crippen LogP contribution in [-0.2, 0) is 24.3 Å². The fourth-order valence-electron chi connectivity index (χ4n) is 2.76. The monoisotopic (exact) mass is 352 g/mol. The molecule has 1 atom stereocenters. The van der Waals surface area contributed by atoms with Crippen LogP contribution >= 0.6 is 23.2 Å². The van der Waals surface area contributed by atoms with Crippen molar-refractivity contribution in [2.45, 2.75) is 25.6 Å². The summed E-state index contributed by atoms with van der Waals surface area (Å²) in [6.07, 6.45) is 0.329. The Morgan fingerprint density at radius 3 is 2.65 bits per heavy atom. The van der Waals surface area contributed by atoms with Gasteiger partial charge in [-0.15, -0.1) is 0 Å². The molecule has 2 aromatic rings. The molecule has 0 radical (unpaired) electrons. The van der Waals surface area contributed by atoms with Crippen molar-refractivity contribution in [3.05, 3.63) is 69.0 Å². The molecule has 0 unspecified atom stereocenters. The maximum Gasteiger partial charge on any atom is 0.240 e. The zero-order chi connectivity index (χ0) is 16.6. The highest BCUT2D eigenvalue weighted by molar-refractivity contribution is 6.35. The number of amides is 1. The van der Waals surface area contributed by atoms with Gasteiger partial charge in [0, 0.05) is 23.1 Å². The molecule has 2 aromatic carbocycles. The van der Waals surface area contributed by atoms with Crippen molar-refractivity contribution in [2.24, 2.45) is 5.73 Å². The molecule has 1 amide bonds. The first-order valence-electron chi connectivity index (χ1n) is 7.19. The van der Waals surface area contributed by atoms with Crippen LogP contribution in [0.4, 0.5) is 4.39 Å². The van der Waals surface area contributed by atoms with Gasteiger partial charge in [0.25, 0.3) is 0 Å². The van der Waals surface area contributed by atoms with Crippen LogP contribution in [0.15, 0.2) is 36.4 Å². The second-order valence-corrected chi connectivity index (χ2v) is 6.50. The number of carbonyl (C=O) groups is 1. The molecule has 0 fully saturated rings. The summed E-state index contributed by atoms with van der Waals surface area (Å²) < 4.78 is 13.3. The largest absolute Gasteiger partial charge is 0.333 e. The number of benzene rings is 2. The summed E-state index contributed by atoms with van der Waals surface area (Å²) in [5, 5.41) is 1.03. The summed E-state index contributed by atoms with van der Waals surface area (Å²) in [5.41, 5.74) is 8.61. The average molecular weight is 353 g/mol. The number of nitrogens with zero attached hydrogens (tertiary/aromatic N) is 1. The smallest absolute Gasteiger partial charge is 0.240 e. The second-order valence-electron chi connectivity index (χ2n) is 5.65. The molecule has 23 heavy (non-hydrogen) atoms. The van der Waals surface area contributed by atoms with Crippen molar-refractivity contribution in [3.8, 4) is 0 Å². The van der Waals surface area contributed by atoms with E-state index < -0.39 is 6.04 Å². The summed E-state index contributed by atoms with van der Waals surface area (Å²) >= 11 is 12.0. The van der Waals surface area contributed by atoms with Gasteiger partial charge < -0.3 is 10.6 Å². The quantitative estimate of drug-likeness (QED) is 0.918. The summed E-state index contributed by atoms with van der Waals surface area (Å²) in [4.78, 5) is 14.2. The molecule has 3 rings (SSSR count). The van der Waals surface area contributed by atoms with E-state index in [0.717, 1.165) is 16.7 Å². The Labute approximate surface area is 143 Å². The Bertz CT molecular complexity index is 766. The Morgan fingerprint density at radius 2 is 1.91 bits per heavy atom. The summed E-state index contributed by atoms with van der Waals surface area (Å²) in [5.74, 6) is -0.470. The Balaban J connectivity index is 1.69. The Hall–Kier alpha value is -1.62. The van der Waals surface area contributed by atoms with Gasteiger partial charge in [0.05, 0.1) is 6.04 Å². The maximum absolute atomic E-state index is 13.3. The predicted octanol–water partition coefficient (Wildman–Crippen LogP) is 3.54. The molecule has 0 saturated carbocycles. The lowest BCUT2D eigenvalue weighted by Crippen LogP contribution is -2.42. The fraction of sp³-hybridized carbons (Fsp3) is 0.235. The Kier molecular flexibility index (Phi) is 4.57. The zero-order valence-corrected chi connectivity index (χ0v) is 13.7. The van der Waals surface area contributed by atoms with E-state index in [1.807, 2.05) is 0 Å². The number of halogens is 3. The highest BCUT2D eigenvalue weighted by atomic mass is 35.5. The first kappa shape index (κ1) is 16.2. The standard InChI is InChI=1S/C17H15Cl2FN2O/c18-13-3-1-10(15(19)7-13)6-16(21)17(23)22-8-11-2-4-14(20)5-12(11)9-22/h1-5,7,16H,6,8-9,21H2/t16-/m1/s1. The minimum absolute atomic E-state index is 0.173. The molecule has 2 N–H and O–H groups in total. The summed E-state index contributed by atoms with van der Waals surface area (Å²) in [7, 11) is 0. The number of hydrogen-bond donors (Lipinski definition) is 1. The van der Waals surface area contributed by atoms with E-state index in [1.165, 1.54) is 12.1 Å². The molecule has 0 bridgehead atoms. The molecule has 0 aromatic heterocycles. The van der Waals surface area contributed by atoms with Crippen LogP contribution in [0.5, 0.6) is 0 Å². The molecule has 3 nitrogen and oxygen atoms in total. The zero-order valence-electron chi connectivity index (χ0n) is 12.2. The van der Waals surface area contributed by atoms with Crippen molar-refractivity contribution in [2.75, 3.05) is 0 Å². The summed E-state index contributed by atoms with van der Waals surface area (Å²) in [6.45, 7) is 0.838. The third-order valence-corrected chi connectivity index (χ3v) is 4.56. The van der Waals surface area contributed by atoms with Gasteiger partial charge in [-0.05, 0) is 47.4 Å². The van der Waals surface area contributed by atoms with Crippen molar-refractivity contribution in [3.63, 3.8) is 0 Å². The molecule has 120 valence electrons. The predicted molar refractivity (Wildman–Crippen MR) is 88.8 cm³/mol. The van der Waals surface area contributed by atoms with Gasteiger partial charge in [-0.3, -0.25) is 4.79 Å². The van der Waals surface area contributed by atoms with Crippen LogP contribution in [0.2, 0.25) is 10.0 Å². The van der Waals surface area contributed by atoms with Crippen LogP contribution in [0.1, 0.15) is 16.7 Å². The molecule has 1 aliphatic heterocycles. The maximum atomic E-state index is 13.3. The van der Waals surface area contributed by atoms with Crippen LogP contribution in [0, 0.1) is 5.82 Å². The van der Waals surface area contributed by atoms with E-state index in [0.29, 0.717) is 29.6 Å². The molecule has 6 heteroatoms. The Morgan fingerprint density at radius 1 is 1.17 bits per heavy atom. The topological polar surface area (TPSA) is 46.3 Å². The normalized spacial score (nSPS) is 14.7. The van der Waals surface area contributed by atoms with Crippen LogP contribution in [0.25, 0.3) is 0 Å². The lowest BCUT2D eigenvalue weighted by atomic mass is 10.1. The lowest BCUT2D eigenvalue weighted by Gasteiger charge is -2.20. The SMILES string of the molecule is N[C@H](Cc1ccc(Cl)cc1Cl)C(=O)N1Cc2ccc(F)cc2C1. The molecule has 0 aliphatic carbocycles. The molecular formula is C17H15Cl2FN2O. The van der Waals surface area contributed by atoms with Gasteiger partial charge in [0.2, 0.25) is 5.91 Å². The van der Waals surface area contributed by atoms with E-state index in [9.17, 15) is 9.18 Å². The van der Waals surface area contributed by atoms with Gasteiger partial charge in [0.1, 0.15) is 5.82 Å². The first-order chi connectivity index (χ1) is 10.9. The minimum atomic E-state index is -0.701. The van der Waals surface area contributed by atoms with Crippen LogP contribution < -0.4 is 5.73 Å². The van der Waals surface area contributed by atoms with E-state index in [4.69, 9.17) is 28.9 Å². The highest BCUT2D eigenvalue weighted by Gasteiger charge is 2.27. The number of hydrogen-bond acceptors (Lipinski definition) is 2. The van der Waals surface area contributed by atoms with Crippen molar-refractivity contribution >= 4 is 29.1 Å². The van der Waals surface area contributed by atoms with Crippen molar-refractivity contribution in [1.29, 1.82) is 0 Å². The minimum Gasteiger partial charge on any atom is -0.333 e. The van der Waals surface area contributed by atoms with Crippen LogP contribution in [0.3, 0.4) is 0 Å². The van der Waals surface area contributed by atoms with Crippen molar-refractivity contribution < 1.29 is 9.18 Å². The molecule has 0 saturated heterocycles. The fourth-order valence-corrected chi connectivity index (χ4v) is 3.25. The molecule has 1 heterocycles. The molecule has 1 aliphatic rings. The van der Waals surface area contributed by atoms with Crippen LogP contribution in [-0.4, -0.2) is 16.8 Å². The third kappa shape index (κ3) is 3.50. The van der Waals surface area contributed by atoms with Gasteiger partial charge >= 0.3 is 0 Å². The van der Waals surface area contributed by atoms with E-state index in [1.54, 1.807) is 29.2 Å². The third-order valence-electron chi connectivity index (χ3n) is 3.97. The van der Waals surface area contributed by atoms with E-state index >= 15 is 0 Å². The van der Waals surface area contributed by atoms with E-state index in [-0.39, 0.29) is 11.7 Å². The van der Waals surface area contributed by atoms with Gasteiger partial charge in [-0.1, -0.05) is 35.3 Å². The lowest BCUT2D eigenvalue weighted by molar-refractivity contribution is -0.133. The summed E-state index contributed by atoms with van der Waals surface area (Å²) in [6, 6.07) is 8.99. The van der Waals surface area contributed by atoms with Crippen molar-refractivity contribution in [1.82, 2.24) is 4.90 Å². The first-order valence-corrected chi connectivity index (χ1v) is 7.95. The second kappa shape index (κ2) is 6.48. The number of fused-ring (bicyclic) bond motifs is 1. The molecule has 0 spiro atoms. The number of rotatable bonds is 3. The van der Waals surface area contributed by atoms with Gasteiger partial charge in [-0.2, -0.15) is 0 Å². The van der Waals surface area contributed by atoms with Gasteiger partial charge in [-0.25, -0.2) is 4.39 Å². The number of carbonyl (C=O) groups excluding carboxylic acids is 1. The number of nitrogens with two attached hydrogens (primary N) is 1. The van der Waals surface area contributed by atoms with E-state index in [2.05, 4.69) is 0 Å². The molecular weight excluding hydrogens is 338 g/mol. The highest BCUT2D eigenvalue weighted by Crippen LogP contribution is 2.25. The van der Waals surface area contributed by atoms with Gasteiger partial charge in [0.15, 0.2) is 0 Å².